The van der Waals surface area contributed by atoms with Crippen molar-refractivity contribution in [3.05, 3.63) is 155 Å². The summed E-state index contributed by atoms with van der Waals surface area (Å²) in [5, 5.41) is 22.6. The van der Waals surface area contributed by atoms with Crippen LogP contribution in [0, 0.1) is 6.07 Å². The minimum atomic E-state index is -6.09. The third kappa shape index (κ3) is 13.4. The summed E-state index contributed by atoms with van der Waals surface area (Å²) in [6.07, 6.45) is 17.8. The van der Waals surface area contributed by atoms with Gasteiger partial charge in [-0.3, -0.25) is 4.98 Å². The molecule has 62 heavy (non-hydrogen) atoms. The van der Waals surface area contributed by atoms with Crippen LogP contribution in [0.5, 0.6) is 0 Å². The molecular formula is C32H21BCl4F6N10O6PdS2-4. The van der Waals surface area contributed by atoms with Gasteiger partial charge in [-0.15, -0.1) is 35.0 Å². The standard InChI is InChI=1S/C13H8N.C12H8BCl4N8.C5H5N.2CHF3O3S.Pd/c1-2-6-12-10(4-1)7-8-11-5-3-9-14-13(11)12;14-9-1-18-22(5-9)13(23-6-10(15)2-19-23,24-7-11(16)3-20-24)25-8-12(17)4-21-25;1-2-4-6-5-3-1;2*2-1(3,4)8(5,6)7;/h1-5,7-9H;1-8H;1-5H;2*(H,5,6,7);/q2*-1;;;;/p-2. The van der Waals surface area contributed by atoms with Crippen molar-refractivity contribution in [1.82, 2.24) is 48.7 Å². The van der Waals surface area contributed by atoms with E-state index in [4.69, 9.17) is 72.3 Å². The minimum Gasteiger partial charge on any atom is -0.741 e. The third-order valence-electron chi connectivity index (χ3n) is 7.24. The van der Waals surface area contributed by atoms with E-state index >= 15 is 0 Å². The molecule has 0 saturated carbocycles. The van der Waals surface area contributed by atoms with Crippen LogP contribution in [-0.4, -0.2) is 92.4 Å². The summed E-state index contributed by atoms with van der Waals surface area (Å²) >= 11 is 24.4. The van der Waals surface area contributed by atoms with E-state index in [0.29, 0.717) is 20.1 Å². The van der Waals surface area contributed by atoms with Crippen molar-refractivity contribution in [2.24, 2.45) is 0 Å². The molecule has 0 N–H and O–H groups in total. The van der Waals surface area contributed by atoms with Crippen molar-refractivity contribution in [2.45, 2.75) is 11.0 Å². The van der Waals surface area contributed by atoms with Gasteiger partial charge in [-0.1, -0.05) is 70.7 Å². The van der Waals surface area contributed by atoms with Gasteiger partial charge in [0.1, 0.15) is 0 Å². The minimum absolute atomic E-state index is 0. The van der Waals surface area contributed by atoms with Gasteiger partial charge in [-0.25, -0.2) is 37.2 Å². The number of pyridine rings is 2. The first kappa shape index (κ1) is 51.7. The molecule has 0 aliphatic heterocycles. The summed E-state index contributed by atoms with van der Waals surface area (Å²) < 4.78 is 124. The Balaban J connectivity index is 0.000000233. The Kier molecular flexibility index (Phi) is 18.1. The summed E-state index contributed by atoms with van der Waals surface area (Å²) in [6, 6.07) is 23.2. The first-order chi connectivity index (χ1) is 28.4. The molecule has 0 aliphatic rings. The van der Waals surface area contributed by atoms with Crippen LogP contribution in [0.25, 0.3) is 21.7 Å². The van der Waals surface area contributed by atoms with E-state index in [9.17, 15) is 26.3 Å². The number of hydrogen-bond donors (Lipinski definition) is 0. The van der Waals surface area contributed by atoms with Crippen LogP contribution < -0.4 is 0 Å². The monoisotopic (exact) mass is 1080 g/mol. The van der Waals surface area contributed by atoms with E-state index in [1.54, 1.807) is 55.6 Å². The summed E-state index contributed by atoms with van der Waals surface area (Å²) in [5.74, 6) is 0. The van der Waals surface area contributed by atoms with Crippen molar-refractivity contribution in [2.75, 3.05) is 0 Å². The normalized spacial score (nSPS) is 11.7. The summed E-state index contributed by atoms with van der Waals surface area (Å²) in [5.41, 5.74) is -10.3. The molecule has 8 rings (SSSR count). The third-order valence-corrected chi connectivity index (χ3v) is 9.15. The average Bonchev–Trinajstić information content (AvgIpc) is 4.03. The van der Waals surface area contributed by atoms with Gasteiger partial charge in [0.25, 0.3) is 0 Å². The molecule has 0 atom stereocenters. The van der Waals surface area contributed by atoms with E-state index in [1.807, 2.05) is 42.6 Å². The molecule has 0 unspecified atom stereocenters. The first-order valence-electron chi connectivity index (χ1n) is 15.9. The maximum atomic E-state index is 10.7. The quantitative estimate of drug-likeness (QED) is 0.0422. The number of fused-ring (bicyclic) bond motifs is 3. The van der Waals surface area contributed by atoms with Crippen LogP contribution in [0.2, 0.25) is 20.1 Å². The van der Waals surface area contributed by atoms with Crippen LogP contribution in [0.15, 0.2) is 129 Å². The van der Waals surface area contributed by atoms with Crippen molar-refractivity contribution in [1.29, 1.82) is 0 Å². The predicted molar refractivity (Wildman–Crippen MR) is 210 cm³/mol. The zero-order valence-corrected chi connectivity index (χ0v) is 36.2. The fourth-order valence-corrected chi connectivity index (χ4v) is 5.37. The number of alkyl halides is 6. The van der Waals surface area contributed by atoms with Crippen molar-refractivity contribution in [3.8, 4) is 0 Å². The molecule has 0 spiro atoms. The second-order valence-electron chi connectivity index (χ2n) is 11.3. The van der Waals surface area contributed by atoms with Crippen LogP contribution in [0.3, 0.4) is 0 Å². The predicted octanol–water partition coefficient (Wildman–Crippen LogP) is 7.38. The van der Waals surface area contributed by atoms with Gasteiger partial charge >= 0.3 is 17.7 Å². The molecule has 2 aromatic carbocycles. The summed E-state index contributed by atoms with van der Waals surface area (Å²) in [4.78, 5) is 8.16. The van der Waals surface area contributed by atoms with Crippen molar-refractivity contribution >= 4 is 95.0 Å². The zero-order chi connectivity index (χ0) is 45.2. The smallest absolute Gasteiger partial charge is 0.485 e. The fraction of sp³-hybridized carbons (Fsp3) is 0.0625. The van der Waals surface area contributed by atoms with Gasteiger partial charge in [-0.2, -0.15) is 26.3 Å². The fourth-order valence-electron chi connectivity index (χ4n) is 4.79. The maximum absolute atomic E-state index is 10.7. The second-order valence-corrected chi connectivity index (χ2v) is 15.8. The van der Waals surface area contributed by atoms with Gasteiger partial charge in [0, 0.05) is 63.8 Å². The number of halogens is 10. The molecule has 334 valence electrons. The average molecular weight is 1080 g/mol. The molecule has 16 nitrogen and oxygen atoms in total. The van der Waals surface area contributed by atoms with Gasteiger partial charge in [-0.05, 0) is 29.1 Å². The molecule has 0 aliphatic carbocycles. The Morgan fingerprint density at radius 1 is 0.565 bits per heavy atom. The molecular weight excluding hydrogens is 1060 g/mol. The molecule has 0 fully saturated rings. The Bertz CT molecular complexity index is 2620. The Hall–Kier alpha value is -4.61. The van der Waals surface area contributed by atoms with E-state index in [2.05, 4.69) is 60.7 Å². The van der Waals surface area contributed by atoms with Crippen LogP contribution in [-0.2, 0) is 40.7 Å². The first-order valence-corrected chi connectivity index (χ1v) is 20.3. The number of nitrogens with zero attached hydrogens (tertiary/aromatic N) is 10. The van der Waals surface area contributed by atoms with Gasteiger partial charge in [0.2, 0.25) is 0 Å². The Morgan fingerprint density at radius 2 is 0.935 bits per heavy atom. The molecule has 6 aromatic heterocycles. The van der Waals surface area contributed by atoms with Gasteiger partial charge in [0.15, 0.2) is 20.2 Å². The molecule has 0 saturated heterocycles. The van der Waals surface area contributed by atoms with E-state index in [0.717, 1.165) is 10.9 Å². The second kappa shape index (κ2) is 21.6. The number of aromatic nitrogens is 10. The van der Waals surface area contributed by atoms with Crippen LogP contribution in [0.1, 0.15) is 0 Å². The molecule has 30 heteroatoms. The van der Waals surface area contributed by atoms with Gasteiger partial charge in [0.05, 0.1) is 44.9 Å². The molecule has 0 amide bonds. The maximum Gasteiger partial charge on any atom is 0.485 e. The largest absolute Gasteiger partial charge is 0.741 e. The number of hydrogen-bond acceptors (Lipinski definition) is 12. The Labute approximate surface area is 380 Å². The van der Waals surface area contributed by atoms with Crippen molar-refractivity contribution < 1.29 is 72.7 Å². The summed E-state index contributed by atoms with van der Waals surface area (Å²) in [6.45, 7) is -2.25. The molecule has 6 heterocycles. The topological polar surface area (TPSA) is 211 Å². The molecule has 0 bridgehead atoms. The number of benzene rings is 2. The van der Waals surface area contributed by atoms with E-state index in [1.165, 1.54) is 35.6 Å². The number of rotatable bonds is 4. The van der Waals surface area contributed by atoms with E-state index < -0.39 is 37.9 Å². The van der Waals surface area contributed by atoms with Crippen molar-refractivity contribution in [3.63, 3.8) is 0 Å². The van der Waals surface area contributed by atoms with E-state index in [-0.39, 0.29) is 20.4 Å². The van der Waals surface area contributed by atoms with Crippen LogP contribution >= 0.6 is 46.4 Å². The Morgan fingerprint density at radius 3 is 1.24 bits per heavy atom. The van der Waals surface area contributed by atoms with Gasteiger partial charge < -0.3 is 32.5 Å². The zero-order valence-electron chi connectivity index (χ0n) is 30.0. The SMILES string of the molecule is Clc1cnn([B-](n2cc(Cl)cn2)(n2cc(Cl)cn2)n2cc(Cl)cn2)c1.O=S(=O)([O-])C(F)(F)F.O=S(=O)([O-])C(F)(F)F.[Pd].[c-]1cccc2ccc3cccnc3c12.c1ccncc1. The summed E-state index contributed by atoms with van der Waals surface area (Å²) in [7, 11) is -12.2. The van der Waals surface area contributed by atoms with Crippen LogP contribution in [0.4, 0.5) is 26.3 Å². The molecule has 8 aromatic rings. The molecule has 0 radical (unpaired) electrons.